The summed E-state index contributed by atoms with van der Waals surface area (Å²) in [5.41, 5.74) is 9.30. The molecule has 5 aromatic carbocycles. The van der Waals surface area contributed by atoms with Gasteiger partial charge in [-0.25, -0.2) is 4.79 Å². The van der Waals surface area contributed by atoms with Gasteiger partial charge in [0.05, 0.1) is 63.9 Å². The highest BCUT2D eigenvalue weighted by Gasteiger charge is 2.48. The summed E-state index contributed by atoms with van der Waals surface area (Å²) >= 11 is 0. The van der Waals surface area contributed by atoms with Gasteiger partial charge in [0, 0.05) is 74.0 Å². The fraction of sp³-hybridized carbons (Fsp3) is 0.379. The topological polar surface area (TPSA) is 230 Å². The van der Waals surface area contributed by atoms with Crippen molar-refractivity contribution in [3.63, 3.8) is 0 Å². The third-order valence-electron chi connectivity index (χ3n) is 14.7. The Kier molecular flexibility index (Phi) is 16.4. The molecule has 79 heavy (non-hydrogen) atoms. The maximum Gasteiger partial charge on any atom is 0.333 e. The zero-order valence-electron chi connectivity index (χ0n) is 44.1. The van der Waals surface area contributed by atoms with E-state index in [1.54, 1.807) is 24.1 Å². The first-order chi connectivity index (χ1) is 38.2. The molecule has 0 bridgehead atoms. The predicted molar refractivity (Wildman–Crippen MR) is 290 cm³/mol. The average Bonchev–Trinajstić information content (AvgIpc) is 4.29. The second-order valence-corrected chi connectivity index (χ2v) is 21.5. The van der Waals surface area contributed by atoms with E-state index >= 15 is 0 Å². The summed E-state index contributed by atoms with van der Waals surface area (Å²) in [6, 6.07) is 28.8. The molecule has 4 amide bonds. The van der Waals surface area contributed by atoms with Crippen LogP contribution < -0.4 is 28.9 Å². The van der Waals surface area contributed by atoms with Gasteiger partial charge in [-0.3, -0.25) is 33.6 Å². The van der Waals surface area contributed by atoms with Crippen LogP contribution in [0.3, 0.4) is 0 Å². The Morgan fingerprint density at radius 2 is 1.39 bits per heavy atom. The first-order valence-electron chi connectivity index (χ1n) is 26.2. The number of hydroxylamine groups is 2. The average molecular weight is 1100 g/mol. The van der Waals surface area contributed by atoms with Gasteiger partial charge in [0.25, 0.3) is 33.7 Å². The highest BCUT2D eigenvalue weighted by molar-refractivity contribution is 7.87. The molecule has 5 heterocycles. The Morgan fingerprint density at radius 3 is 2.10 bits per heavy atom. The third kappa shape index (κ3) is 11.9. The van der Waals surface area contributed by atoms with Crippen molar-refractivity contribution >= 4 is 68.7 Å². The van der Waals surface area contributed by atoms with Gasteiger partial charge < -0.3 is 43.1 Å². The third-order valence-corrected chi connectivity index (χ3v) is 15.8. The van der Waals surface area contributed by atoms with E-state index in [9.17, 15) is 36.9 Å². The van der Waals surface area contributed by atoms with E-state index in [4.69, 9.17) is 38.3 Å². The molecule has 1 fully saturated rings. The largest absolute Gasteiger partial charge is 0.493 e. The van der Waals surface area contributed by atoms with Gasteiger partial charge in [0.1, 0.15) is 19.0 Å². The number of hydrogen-bond donors (Lipinski definition) is 1. The highest BCUT2D eigenvalue weighted by atomic mass is 32.2. The van der Waals surface area contributed by atoms with Crippen molar-refractivity contribution in [2.45, 2.75) is 82.4 Å². The monoisotopic (exact) mass is 1100 g/mol. The molecular formula is C58H61N5O15S. The van der Waals surface area contributed by atoms with E-state index in [0.29, 0.717) is 85.6 Å². The van der Waals surface area contributed by atoms with Crippen LogP contribution >= 0.6 is 0 Å². The van der Waals surface area contributed by atoms with Gasteiger partial charge in [-0.15, -0.1) is 5.06 Å². The SMILES string of the molecule is COCCOCCOCCN(CCCC(=O)ON1C(=O)CC(S(=O)(=O)O)C1=O)c1cc(COc2cc3c(cc2C)C(=O)N2c4ccccc4C[C@H]2C=N3)cc(COc2cc3c(cc2OC)C(=O)N2c4ccccc4C[C@H]2CC3)c1. The molecule has 21 heteroatoms. The molecule has 5 aliphatic rings. The normalized spacial score (nSPS) is 18.1. The molecule has 0 saturated carbocycles. The number of carbonyl (C=O) groups excluding carboxylic acids is 5. The Hall–Kier alpha value is -7.69. The fourth-order valence-electron chi connectivity index (χ4n) is 10.8. The molecule has 20 nitrogen and oxygen atoms in total. The minimum atomic E-state index is -4.91. The van der Waals surface area contributed by atoms with Gasteiger partial charge in [-0.05, 0) is 115 Å². The number of nitrogens with zero attached hydrogens (tertiary/aromatic N) is 5. The minimum Gasteiger partial charge on any atom is -0.493 e. The summed E-state index contributed by atoms with van der Waals surface area (Å²) < 4.78 is 68.6. The van der Waals surface area contributed by atoms with Gasteiger partial charge in [-0.1, -0.05) is 36.4 Å². The van der Waals surface area contributed by atoms with Crippen LogP contribution in [0.5, 0.6) is 17.2 Å². The smallest absolute Gasteiger partial charge is 0.333 e. The van der Waals surface area contributed by atoms with E-state index in [1.165, 1.54) is 7.11 Å². The number of anilines is 3. The van der Waals surface area contributed by atoms with E-state index in [1.807, 2.05) is 95.7 Å². The van der Waals surface area contributed by atoms with Crippen molar-refractivity contribution in [2.24, 2.45) is 4.99 Å². The number of fused-ring (bicyclic) bond motifs is 8. The molecule has 1 N–H and O–H groups in total. The number of rotatable bonds is 23. The van der Waals surface area contributed by atoms with Crippen LogP contribution in [-0.4, -0.2) is 132 Å². The second kappa shape index (κ2) is 23.7. The lowest BCUT2D eigenvalue weighted by molar-refractivity contribution is -0.197. The van der Waals surface area contributed by atoms with Crippen LogP contribution in [0.25, 0.3) is 0 Å². The Bertz CT molecular complexity index is 3330. The van der Waals surface area contributed by atoms with Crippen LogP contribution in [0.1, 0.15) is 79.8 Å². The fourth-order valence-corrected chi connectivity index (χ4v) is 11.5. The van der Waals surface area contributed by atoms with E-state index < -0.39 is 39.6 Å². The van der Waals surface area contributed by atoms with Crippen molar-refractivity contribution in [3.05, 3.63) is 136 Å². The lowest BCUT2D eigenvalue weighted by Gasteiger charge is -2.26. The number of amides is 4. The molecule has 0 aromatic heterocycles. The molecule has 0 radical (unpaired) electrons. The summed E-state index contributed by atoms with van der Waals surface area (Å²) in [5, 5.41) is -1.97. The number of aryl methyl sites for hydroxylation is 2. The Labute approximate surface area is 457 Å². The molecular weight excluding hydrogens is 1040 g/mol. The Morgan fingerprint density at radius 1 is 0.722 bits per heavy atom. The summed E-state index contributed by atoms with van der Waals surface area (Å²) in [4.78, 5) is 82.1. The van der Waals surface area contributed by atoms with Gasteiger partial charge in [0.15, 0.2) is 16.7 Å². The van der Waals surface area contributed by atoms with Crippen molar-refractivity contribution in [2.75, 3.05) is 75.0 Å². The van der Waals surface area contributed by atoms with E-state index in [0.717, 1.165) is 57.6 Å². The van der Waals surface area contributed by atoms with Crippen LogP contribution in [0.4, 0.5) is 22.7 Å². The summed E-state index contributed by atoms with van der Waals surface area (Å²) in [7, 11) is -1.79. The molecule has 0 spiro atoms. The molecule has 5 aliphatic heterocycles. The van der Waals surface area contributed by atoms with Crippen LogP contribution in [-0.2, 0) is 76.0 Å². The molecule has 1 saturated heterocycles. The zero-order chi connectivity index (χ0) is 55.4. The van der Waals surface area contributed by atoms with Gasteiger partial charge >= 0.3 is 5.97 Å². The number of carbonyl (C=O) groups is 5. The lowest BCUT2D eigenvalue weighted by Crippen LogP contribution is -2.37. The number of benzene rings is 5. The second-order valence-electron chi connectivity index (χ2n) is 19.9. The Balaban J connectivity index is 0.915. The molecule has 10 rings (SSSR count). The molecule has 414 valence electrons. The van der Waals surface area contributed by atoms with Crippen LogP contribution in [0, 0.1) is 6.92 Å². The highest BCUT2D eigenvalue weighted by Crippen LogP contribution is 2.42. The minimum absolute atomic E-state index is 0.0317. The number of aliphatic imine (C=N–C) groups is 1. The summed E-state index contributed by atoms with van der Waals surface area (Å²) in [5.74, 6) is -2.24. The van der Waals surface area contributed by atoms with Crippen molar-refractivity contribution in [3.8, 4) is 17.2 Å². The van der Waals surface area contributed by atoms with Crippen molar-refractivity contribution < 1.29 is 70.2 Å². The molecule has 0 aliphatic carbocycles. The van der Waals surface area contributed by atoms with Crippen molar-refractivity contribution in [1.82, 2.24) is 5.06 Å². The lowest BCUT2D eigenvalue weighted by atomic mass is 9.99. The summed E-state index contributed by atoms with van der Waals surface area (Å²) in [6.07, 6.45) is 3.69. The molecule has 5 aromatic rings. The molecule has 3 atom stereocenters. The number of para-hydroxylation sites is 2. The number of imide groups is 1. The van der Waals surface area contributed by atoms with Crippen LogP contribution in [0.2, 0.25) is 0 Å². The van der Waals surface area contributed by atoms with E-state index in [-0.39, 0.29) is 68.2 Å². The number of methoxy groups -OCH3 is 2. The number of hydrogen-bond acceptors (Lipinski definition) is 16. The predicted octanol–water partition coefficient (Wildman–Crippen LogP) is 6.71. The van der Waals surface area contributed by atoms with Crippen molar-refractivity contribution in [1.29, 1.82) is 0 Å². The maximum absolute atomic E-state index is 14.3. The van der Waals surface area contributed by atoms with Gasteiger partial charge in [-0.2, -0.15) is 8.42 Å². The van der Waals surface area contributed by atoms with E-state index in [2.05, 4.69) is 6.07 Å². The van der Waals surface area contributed by atoms with Crippen LogP contribution in [0.15, 0.2) is 96.0 Å². The zero-order valence-corrected chi connectivity index (χ0v) is 44.9. The standard InChI is InChI=1S/C58H61N5O15S/c1-36-23-46-47(59-33-44-28-41-10-5-7-12-49(41)62(44)57(46)67)31-50(36)76-34-37-24-38(35-77-52-29-39-14-15-42-27-40-9-4-6-11-48(40)61(42)56(66)45(39)30-51(52)73-3)26-43(25-37)60(17-18-74-21-22-75-20-19-72-2)16-8-13-55(65)78-63-54(64)32-53(58(63)68)79(69,70)71/h4-7,9-12,23-26,29-31,33,42,44,53H,8,13-22,27-28,32,34-35H2,1-3H3,(H,69,70,71)/t42-,44+,53?/m1/s1. The van der Waals surface area contributed by atoms with Gasteiger partial charge in [0.2, 0.25) is 0 Å². The first kappa shape index (κ1) is 54.7. The maximum atomic E-state index is 14.3. The first-order valence-corrected chi connectivity index (χ1v) is 27.7. The summed E-state index contributed by atoms with van der Waals surface area (Å²) in [6.45, 7) is 4.27. The molecule has 1 unspecified atom stereocenters. The number of ether oxygens (including phenoxy) is 6. The quantitative estimate of drug-likeness (QED) is 0.0407.